The fourth-order valence-corrected chi connectivity index (χ4v) is 3.33. The minimum Gasteiger partial charge on any atom is -0.388 e. The second kappa shape index (κ2) is 4.69. The Bertz CT molecular complexity index is 630. The Morgan fingerprint density at radius 2 is 2.05 bits per heavy atom. The molecule has 0 aliphatic heterocycles. The molecule has 0 bridgehead atoms. The standard InChI is InChI=1S/C16H18ClNO/c1-10-6-7-15(13(17)8-10)18-11(2)9-12-14(18)4-3-5-16(12)19/h6-9,16,19H,3-5H2,1-2H3. The first kappa shape index (κ1) is 12.8. The number of aliphatic hydroxyl groups is 1. The van der Waals surface area contributed by atoms with Gasteiger partial charge in [-0.25, -0.2) is 0 Å². The summed E-state index contributed by atoms with van der Waals surface area (Å²) in [4.78, 5) is 0. The molecule has 0 fully saturated rings. The third-order valence-corrected chi connectivity index (χ3v) is 4.22. The number of aromatic nitrogens is 1. The number of nitrogens with zero attached hydrogens (tertiary/aromatic N) is 1. The topological polar surface area (TPSA) is 25.2 Å². The summed E-state index contributed by atoms with van der Waals surface area (Å²) >= 11 is 6.39. The first-order chi connectivity index (χ1) is 9.08. The van der Waals surface area contributed by atoms with Gasteiger partial charge in [0.2, 0.25) is 0 Å². The predicted octanol–water partition coefficient (Wildman–Crippen LogP) is 4.12. The minimum atomic E-state index is -0.326. The lowest BCUT2D eigenvalue weighted by atomic mass is 9.95. The SMILES string of the molecule is Cc1ccc(-n2c(C)cc3c2CCCC3O)c(Cl)c1. The summed E-state index contributed by atoms with van der Waals surface area (Å²) in [6, 6.07) is 8.22. The van der Waals surface area contributed by atoms with Crippen molar-refractivity contribution in [3.8, 4) is 5.69 Å². The highest BCUT2D eigenvalue weighted by Gasteiger charge is 2.24. The number of fused-ring (bicyclic) bond motifs is 1. The lowest BCUT2D eigenvalue weighted by Gasteiger charge is -2.21. The van der Waals surface area contributed by atoms with Crippen LogP contribution in [-0.2, 0) is 6.42 Å². The van der Waals surface area contributed by atoms with Crippen molar-refractivity contribution in [3.63, 3.8) is 0 Å². The van der Waals surface area contributed by atoms with Gasteiger partial charge in [0.1, 0.15) is 0 Å². The number of halogens is 1. The number of benzene rings is 1. The zero-order valence-corrected chi connectivity index (χ0v) is 12.0. The van der Waals surface area contributed by atoms with E-state index in [1.54, 1.807) is 0 Å². The number of hydrogen-bond acceptors (Lipinski definition) is 1. The van der Waals surface area contributed by atoms with Gasteiger partial charge in [0.15, 0.2) is 0 Å². The van der Waals surface area contributed by atoms with Gasteiger partial charge in [-0.15, -0.1) is 0 Å². The van der Waals surface area contributed by atoms with Crippen LogP contribution >= 0.6 is 11.6 Å². The zero-order chi connectivity index (χ0) is 13.6. The summed E-state index contributed by atoms with van der Waals surface area (Å²) in [6.07, 6.45) is 2.57. The van der Waals surface area contributed by atoms with E-state index in [2.05, 4.69) is 29.7 Å². The highest BCUT2D eigenvalue weighted by atomic mass is 35.5. The van der Waals surface area contributed by atoms with E-state index in [-0.39, 0.29) is 6.10 Å². The molecule has 0 spiro atoms. The van der Waals surface area contributed by atoms with Gasteiger partial charge in [0, 0.05) is 17.0 Å². The highest BCUT2D eigenvalue weighted by molar-refractivity contribution is 6.32. The molecule has 0 amide bonds. The molecular weight excluding hydrogens is 258 g/mol. The smallest absolute Gasteiger partial charge is 0.0807 e. The largest absolute Gasteiger partial charge is 0.388 e. The molecule has 1 aromatic carbocycles. The molecule has 0 radical (unpaired) electrons. The van der Waals surface area contributed by atoms with Crippen LogP contribution in [0.4, 0.5) is 0 Å². The van der Waals surface area contributed by atoms with Crippen LogP contribution in [0.2, 0.25) is 5.02 Å². The second-order valence-electron chi connectivity index (χ2n) is 5.39. The Morgan fingerprint density at radius 3 is 2.79 bits per heavy atom. The molecule has 3 heteroatoms. The van der Waals surface area contributed by atoms with Crippen LogP contribution in [-0.4, -0.2) is 9.67 Å². The number of aryl methyl sites for hydroxylation is 2. The molecule has 1 aliphatic carbocycles. The monoisotopic (exact) mass is 275 g/mol. The number of aliphatic hydroxyl groups excluding tert-OH is 1. The normalized spacial score (nSPS) is 18.4. The molecule has 1 unspecified atom stereocenters. The van der Waals surface area contributed by atoms with Gasteiger partial charge in [-0.3, -0.25) is 0 Å². The van der Waals surface area contributed by atoms with Crippen molar-refractivity contribution in [2.75, 3.05) is 0 Å². The van der Waals surface area contributed by atoms with Crippen LogP contribution in [0.1, 0.15) is 41.5 Å². The average molecular weight is 276 g/mol. The van der Waals surface area contributed by atoms with E-state index in [9.17, 15) is 5.11 Å². The summed E-state index contributed by atoms with van der Waals surface area (Å²) in [5.74, 6) is 0. The molecule has 2 nitrogen and oxygen atoms in total. The maximum absolute atomic E-state index is 10.1. The highest BCUT2D eigenvalue weighted by Crippen LogP contribution is 2.35. The molecule has 1 atom stereocenters. The Labute approximate surface area is 118 Å². The number of hydrogen-bond donors (Lipinski definition) is 1. The molecule has 1 aromatic heterocycles. The number of rotatable bonds is 1. The van der Waals surface area contributed by atoms with Crippen molar-refractivity contribution >= 4 is 11.6 Å². The van der Waals surface area contributed by atoms with Crippen molar-refractivity contribution in [2.45, 2.75) is 39.2 Å². The maximum Gasteiger partial charge on any atom is 0.0807 e. The first-order valence-corrected chi connectivity index (χ1v) is 7.11. The summed E-state index contributed by atoms with van der Waals surface area (Å²) in [6.45, 7) is 4.11. The molecular formula is C16H18ClNO. The van der Waals surface area contributed by atoms with Crippen molar-refractivity contribution in [1.29, 1.82) is 0 Å². The van der Waals surface area contributed by atoms with Gasteiger partial charge in [0.25, 0.3) is 0 Å². The van der Waals surface area contributed by atoms with Crippen LogP contribution < -0.4 is 0 Å². The Kier molecular flexibility index (Phi) is 3.15. The first-order valence-electron chi connectivity index (χ1n) is 6.73. The van der Waals surface area contributed by atoms with Crippen LogP contribution in [0.25, 0.3) is 5.69 Å². The predicted molar refractivity (Wildman–Crippen MR) is 78.2 cm³/mol. The maximum atomic E-state index is 10.1. The fraction of sp³-hybridized carbons (Fsp3) is 0.375. The van der Waals surface area contributed by atoms with E-state index in [1.165, 1.54) is 5.69 Å². The van der Waals surface area contributed by atoms with E-state index in [4.69, 9.17) is 11.6 Å². The quantitative estimate of drug-likeness (QED) is 0.832. The molecule has 1 heterocycles. The Balaban J connectivity index is 2.20. The minimum absolute atomic E-state index is 0.326. The van der Waals surface area contributed by atoms with E-state index < -0.39 is 0 Å². The van der Waals surface area contributed by atoms with Crippen LogP contribution in [0.15, 0.2) is 24.3 Å². The van der Waals surface area contributed by atoms with Crippen LogP contribution in [0, 0.1) is 13.8 Å². The molecule has 100 valence electrons. The van der Waals surface area contributed by atoms with Gasteiger partial charge < -0.3 is 9.67 Å². The summed E-state index contributed by atoms with van der Waals surface area (Å²) in [5, 5.41) is 10.9. The Morgan fingerprint density at radius 1 is 1.26 bits per heavy atom. The van der Waals surface area contributed by atoms with Crippen molar-refractivity contribution in [1.82, 2.24) is 4.57 Å². The van der Waals surface area contributed by atoms with Gasteiger partial charge in [0.05, 0.1) is 16.8 Å². The van der Waals surface area contributed by atoms with Crippen LogP contribution in [0.5, 0.6) is 0 Å². The molecule has 1 N–H and O–H groups in total. The van der Waals surface area contributed by atoms with Crippen molar-refractivity contribution in [2.24, 2.45) is 0 Å². The Hall–Kier alpha value is -1.25. The van der Waals surface area contributed by atoms with Gasteiger partial charge in [-0.1, -0.05) is 17.7 Å². The third kappa shape index (κ3) is 2.09. The van der Waals surface area contributed by atoms with E-state index in [0.717, 1.165) is 46.8 Å². The fourth-order valence-electron chi connectivity index (χ4n) is 3.01. The van der Waals surface area contributed by atoms with E-state index in [1.807, 2.05) is 13.0 Å². The molecule has 0 saturated heterocycles. The molecule has 3 rings (SSSR count). The zero-order valence-electron chi connectivity index (χ0n) is 11.3. The van der Waals surface area contributed by atoms with Gasteiger partial charge in [-0.2, -0.15) is 0 Å². The summed E-state index contributed by atoms with van der Waals surface area (Å²) < 4.78 is 2.19. The van der Waals surface area contributed by atoms with Crippen molar-refractivity contribution in [3.05, 3.63) is 51.8 Å². The van der Waals surface area contributed by atoms with Crippen molar-refractivity contribution < 1.29 is 5.11 Å². The van der Waals surface area contributed by atoms with E-state index >= 15 is 0 Å². The van der Waals surface area contributed by atoms with Gasteiger partial charge >= 0.3 is 0 Å². The average Bonchev–Trinajstić information content (AvgIpc) is 2.68. The molecule has 2 aromatic rings. The van der Waals surface area contributed by atoms with Gasteiger partial charge in [-0.05, 0) is 56.9 Å². The summed E-state index contributed by atoms with van der Waals surface area (Å²) in [7, 11) is 0. The van der Waals surface area contributed by atoms with E-state index in [0.29, 0.717) is 0 Å². The lowest BCUT2D eigenvalue weighted by Crippen LogP contribution is -2.11. The summed E-state index contributed by atoms with van der Waals surface area (Å²) in [5.41, 5.74) is 5.59. The second-order valence-corrected chi connectivity index (χ2v) is 5.79. The van der Waals surface area contributed by atoms with Crippen LogP contribution in [0.3, 0.4) is 0 Å². The molecule has 19 heavy (non-hydrogen) atoms. The lowest BCUT2D eigenvalue weighted by molar-refractivity contribution is 0.156. The third-order valence-electron chi connectivity index (χ3n) is 3.91. The molecule has 1 aliphatic rings. The molecule has 0 saturated carbocycles.